The molecular weight excluding hydrogens is 256 g/mol. The minimum Gasteiger partial charge on any atom is -0.386 e. The Hall–Kier alpha value is -2.28. The molecule has 1 aromatic carbocycles. The number of benzene rings is 1. The first-order valence-corrected chi connectivity index (χ1v) is 6.14. The predicted octanol–water partition coefficient (Wildman–Crippen LogP) is 2.09. The Balaban J connectivity index is 2.68. The molecule has 5 heteroatoms. The molecule has 1 aromatic rings. The van der Waals surface area contributed by atoms with Crippen molar-refractivity contribution in [2.45, 2.75) is 12.8 Å². The van der Waals surface area contributed by atoms with Crippen molar-refractivity contribution in [3.63, 3.8) is 0 Å². The van der Waals surface area contributed by atoms with Crippen LogP contribution in [-0.4, -0.2) is 16.7 Å². The number of aliphatic imine (C=N–C) groups is 1. The molecule has 1 heterocycles. The molecular formula is C14H12N4S. The van der Waals surface area contributed by atoms with E-state index in [1.165, 1.54) is 0 Å². The summed E-state index contributed by atoms with van der Waals surface area (Å²) in [6, 6.07) is 9.84. The van der Waals surface area contributed by atoms with Crippen molar-refractivity contribution in [2.24, 2.45) is 16.6 Å². The number of rotatable bonds is 1. The molecule has 0 fully saturated rings. The van der Waals surface area contributed by atoms with Gasteiger partial charge in [-0.05, 0) is 23.9 Å². The molecule has 1 aliphatic heterocycles. The Morgan fingerprint density at radius 1 is 1.42 bits per heavy atom. The van der Waals surface area contributed by atoms with Crippen LogP contribution in [0.5, 0.6) is 0 Å². The predicted molar refractivity (Wildman–Crippen MR) is 78.5 cm³/mol. The lowest BCUT2D eigenvalue weighted by Gasteiger charge is -2.28. The number of nitriles is 1. The topological polar surface area (TPSA) is 86.0 Å². The SMILES string of the molecule is Cc1ccccc1[C@H]1C(=C=N)C(=S)N=C(N)C1C#N. The molecule has 0 spiro atoms. The zero-order valence-corrected chi connectivity index (χ0v) is 11.2. The van der Waals surface area contributed by atoms with Crippen LogP contribution in [0.2, 0.25) is 0 Å². The Morgan fingerprint density at radius 3 is 2.68 bits per heavy atom. The Morgan fingerprint density at radius 2 is 2.11 bits per heavy atom. The van der Waals surface area contributed by atoms with Crippen LogP contribution in [0.3, 0.4) is 0 Å². The van der Waals surface area contributed by atoms with Crippen molar-refractivity contribution >= 4 is 28.9 Å². The number of hydrogen-bond acceptors (Lipinski definition) is 4. The summed E-state index contributed by atoms with van der Waals surface area (Å²) in [7, 11) is 0. The molecule has 0 aromatic heterocycles. The van der Waals surface area contributed by atoms with Crippen LogP contribution in [0, 0.1) is 29.6 Å². The highest BCUT2D eigenvalue weighted by Gasteiger charge is 2.36. The summed E-state index contributed by atoms with van der Waals surface area (Å²) in [4.78, 5) is 4.22. The molecule has 3 N–H and O–H groups in total. The van der Waals surface area contributed by atoms with E-state index in [1.807, 2.05) is 31.2 Å². The number of nitrogens with two attached hydrogens (primary N) is 1. The Labute approximate surface area is 116 Å². The van der Waals surface area contributed by atoms with E-state index in [9.17, 15) is 5.26 Å². The quantitative estimate of drug-likeness (QED) is 0.464. The molecule has 0 bridgehead atoms. The van der Waals surface area contributed by atoms with E-state index in [4.69, 9.17) is 23.4 Å². The number of amidine groups is 1. The normalized spacial score (nSPS) is 22.4. The minimum absolute atomic E-state index is 0.208. The van der Waals surface area contributed by atoms with Crippen LogP contribution in [-0.2, 0) is 0 Å². The fourth-order valence-electron chi connectivity index (χ4n) is 2.26. The highest BCUT2D eigenvalue weighted by atomic mass is 32.1. The van der Waals surface area contributed by atoms with E-state index in [-0.39, 0.29) is 16.7 Å². The van der Waals surface area contributed by atoms with Crippen LogP contribution in [0.25, 0.3) is 0 Å². The summed E-state index contributed by atoms with van der Waals surface area (Å²) in [5.74, 6) is 1.56. The van der Waals surface area contributed by atoms with Crippen LogP contribution in [0.15, 0.2) is 34.8 Å². The largest absolute Gasteiger partial charge is 0.386 e. The van der Waals surface area contributed by atoms with Gasteiger partial charge in [0.1, 0.15) is 16.7 Å². The smallest absolute Gasteiger partial charge is 0.141 e. The van der Waals surface area contributed by atoms with Gasteiger partial charge in [-0.25, -0.2) is 4.99 Å². The lowest BCUT2D eigenvalue weighted by atomic mass is 9.77. The second-order valence-corrected chi connectivity index (χ2v) is 4.71. The molecule has 94 valence electrons. The van der Waals surface area contributed by atoms with Crippen molar-refractivity contribution in [1.82, 2.24) is 0 Å². The molecule has 2 atom stereocenters. The third kappa shape index (κ3) is 2.19. The van der Waals surface area contributed by atoms with Gasteiger partial charge in [-0.3, -0.25) is 5.41 Å². The van der Waals surface area contributed by atoms with Gasteiger partial charge in [0, 0.05) is 5.92 Å². The van der Waals surface area contributed by atoms with Gasteiger partial charge in [0.25, 0.3) is 0 Å². The molecule has 0 saturated heterocycles. The second-order valence-electron chi connectivity index (χ2n) is 4.32. The third-order valence-electron chi connectivity index (χ3n) is 3.22. The molecule has 19 heavy (non-hydrogen) atoms. The highest BCUT2D eigenvalue weighted by molar-refractivity contribution is 7.80. The van der Waals surface area contributed by atoms with Crippen LogP contribution in [0.4, 0.5) is 0 Å². The fourth-order valence-corrected chi connectivity index (χ4v) is 2.54. The minimum atomic E-state index is -0.611. The summed E-state index contributed by atoms with van der Waals surface area (Å²) in [5.41, 5.74) is 8.22. The molecule has 1 unspecified atom stereocenters. The summed E-state index contributed by atoms with van der Waals surface area (Å²) >= 11 is 5.13. The van der Waals surface area contributed by atoms with E-state index in [0.29, 0.717) is 5.57 Å². The van der Waals surface area contributed by atoms with Crippen LogP contribution in [0.1, 0.15) is 17.0 Å². The first-order chi connectivity index (χ1) is 9.10. The fraction of sp³-hybridized carbons (Fsp3) is 0.214. The Bertz CT molecular complexity index is 662. The van der Waals surface area contributed by atoms with Gasteiger partial charge in [0.05, 0.1) is 11.6 Å². The van der Waals surface area contributed by atoms with Crippen LogP contribution >= 0.6 is 12.2 Å². The second kappa shape index (κ2) is 5.15. The molecule has 1 aliphatic rings. The van der Waals surface area contributed by atoms with E-state index in [1.54, 1.807) is 0 Å². The molecule has 0 radical (unpaired) electrons. The monoisotopic (exact) mass is 268 g/mol. The zero-order chi connectivity index (χ0) is 14.0. The maximum Gasteiger partial charge on any atom is 0.141 e. The summed E-state index contributed by atoms with van der Waals surface area (Å²) in [6.07, 6.45) is 0. The summed E-state index contributed by atoms with van der Waals surface area (Å²) in [5, 5.41) is 16.7. The van der Waals surface area contributed by atoms with Gasteiger partial charge in [-0.1, -0.05) is 36.5 Å². The van der Waals surface area contributed by atoms with Crippen molar-refractivity contribution in [3.05, 3.63) is 41.0 Å². The molecule has 2 rings (SSSR count). The van der Waals surface area contributed by atoms with Gasteiger partial charge >= 0.3 is 0 Å². The van der Waals surface area contributed by atoms with Crippen molar-refractivity contribution in [1.29, 1.82) is 10.7 Å². The molecule has 0 aliphatic carbocycles. The summed E-state index contributed by atoms with van der Waals surface area (Å²) < 4.78 is 0. The van der Waals surface area contributed by atoms with E-state index < -0.39 is 5.92 Å². The Kier molecular flexibility index (Phi) is 3.57. The summed E-state index contributed by atoms with van der Waals surface area (Å²) in [6.45, 7) is 1.95. The number of thiocarbonyl (C=S) groups is 1. The van der Waals surface area contributed by atoms with E-state index in [2.05, 4.69) is 16.9 Å². The van der Waals surface area contributed by atoms with E-state index >= 15 is 0 Å². The third-order valence-corrected chi connectivity index (χ3v) is 3.53. The lowest BCUT2D eigenvalue weighted by Crippen LogP contribution is -2.35. The number of hydrogen-bond donors (Lipinski definition) is 2. The van der Waals surface area contributed by atoms with Gasteiger partial charge < -0.3 is 5.73 Å². The first-order valence-electron chi connectivity index (χ1n) is 5.73. The number of aryl methyl sites for hydroxylation is 1. The first kappa shape index (κ1) is 13.2. The highest BCUT2D eigenvalue weighted by Crippen LogP contribution is 2.36. The number of nitrogens with one attached hydrogen (secondary N) is 1. The molecule has 0 amide bonds. The maximum absolute atomic E-state index is 9.33. The van der Waals surface area contributed by atoms with Gasteiger partial charge in [-0.2, -0.15) is 5.26 Å². The lowest BCUT2D eigenvalue weighted by molar-refractivity contribution is 0.722. The average molecular weight is 268 g/mol. The van der Waals surface area contributed by atoms with Gasteiger partial charge in [-0.15, -0.1) is 0 Å². The zero-order valence-electron chi connectivity index (χ0n) is 10.3. The van der Waals surface area contributed by atoms with Gasteiger partial charge in [0.15, 0.2) is 0 Å². The molecule has 0 saturated carbocycles. The molecule has 4 nitrogen and oxygen atoms in total. The van der Waals surface area contributed by atoms with Crippen molar-refractivity contribution in [3.8, 4) is 6.07 Å². The standard InChI is InChI=1S/C14H12N4S/c1-8-4-2-3-5-9(8)12-10(6-15)13(17)18-14(19)11(12)7-16/h2-5,10,12,16H,1H3,(H2,17,18,19)/t10?,12-/m1/s1. The average Bonchev–Trinajstić information content (AvgIpc) is 2.38. The van der Waals surface area contributed by atoms with E-state index in [0.717, 1.165) is 11.1 Å². The van der Waals surface area contributed by atoms with Gasteiger partial charge in [0.2, 0.25) is 0 Å². The van der Waals surface area contributed by atoms with Crippen molar-refractivity contribution < 1.29 is 0 Å². The van der Waals surface area contributed by atoms with Crippen molar-refractivity contribution in [2.75, 3.05) is 0 Å². The maximum atomic E-state index is 9.33. The van der Waals surface area contributed by atoms with Crippen LogP contribution < -0.4 is 5.73 Å². The number of nitrogens with zero attached hydrogens (tertiary/aromatic N) is 2.